The first kappa shape index (κ1) is 16.5. The van der Waals surface area contributed by atoms with Crippen molar-refractivity contribution in [1.29, 1.82) is 0 Å². The van der Waals surface area contributed by atoms with Crippen molar-refractivity contribution >= 4 is 11.6 Å². The molecule has 0 unspecified atom stereocenters. The molecule has 120 valence electrons. The summed E-state index contributed by atoms with van der Waals surface area (Å²) >= 11 is 0. The largest absolute Gasteiger partial charge is 0.493 e. The summed E-state index contributed by atoms with van der Waals surface area (Å²) in [4.78, 5) is 12.2. The van der Waals surface area contributed by atoms with E-state index in [0.717, 1.165) is 11.3 Å². The Labute approximate surface area is 135 Å². The van der Waals surface area contributed by atoms with Crippen molar-refractivity contribution in [2.75, 3.05) is 14.2 Å². The highest BCUT2D eigenvalue weighted by molar-refractivity contribution is 5.96. The minimum Gasteiger partial charge on any atom is -0.493 e. The third kappa shape index (κ3) is 4.57. The van der Waals surface area contributed by atoms with Crippen LogP contribution >= 0.6 is 0 Å². The summed E-state index contributed by atoms with van der Waals surface area (Å²) in [5.74, 6) is 0.788. The van der Waals surface area contributed by atoms with Gasteiger partial charge in [0.1, 0.15) is 0 Å². The van der Waals surface area contributed by atoms with Crippen LogP contribution in [0.25, 0.3) is 0 Å². The number of nitrogens with one attached hydrogen (secondary N) is 1. The smallest absolute Gasteiger partial charge is 0.271 e. The van der Waals surface area contributed by atoms with Gasteiger partial charge in [-0.2, -0.15) is 5.10 Å². The Kier molecular flexibility index (Phi) is 5.74. The van der Waals surface area contributed by atoms with E-state index in [2.05, 4.69) is 10.5 Å². The third-order valence-corrected chi connectivity index (χ3v) is 3.30. The number of nitrogens with zero attached hydrogens (tertiary/aromatic N) is 1. The van der Waals surface area contributed by atoms with E-state index in [0.29, 0.717) is 23.5 Å². The molecule has 5 nitrogen and oxygen atoms in total. The summed E-state index contributed by atoms with van der Waals surface area (Å²) in [7, 11) is 3.08. The minimum atomic E-state index is -0.293. The van der Waals surface area contributed by atoms with E-state index in [9.17, 15) is 4.79 Å². The number of carbonyl (C=O) groups is 1. The van der Waals surface area contributed by atoms with Gasteiger partial charge in [-0.1, -0.05) is 30.3 Å². The van der Waals surface area contributed by atoms with E-state index >= 15 is 0 Å². The summed E-state index contributed by atoms with van der Waals surface area (Å²) < 4.78 is 10.3. The van der Waals surface area contributed by atoms with Crippen LogP contribution in [-0.4, -0.2) is 25.8 Å². The van der Waals surface area contributed by atoms with Gasteiger partial charge in [0.05, 0.1) is 14.2 Å². The molecule has 2 aromatic carbocycles. The van der Waals surface area contributed by atoms with Crippen LogP contribution in [0.2, 0.25) is 0 Å². The van der Waals surface area contributed by atoms with Crippen molar-refractivity contribution in [3.8, 4) is 11.5 Å². The average molecular weight is 312 g/mol. The average Bonchev–Trinajstić information content (AvgIpc) is 2.59. The fourth-order valence-corrected chi connectivity index (χ4v) is 2.12. The van der Waals surface area contributed by atoms with Crippen LogP contribution in [0, 0.1) is 0 Å². The summed E-state index contributed by atoms with van der Waals surface area (Å²) in [6.07, 6.45) is 0.688. The number of benzene rings is 2. The minimum absolute atomic E-state index is 0.293. The Morgan fingerprint density at radius 3 is 2.39 bits per heavy atom. The number of carbonyl (C=O) groups excluding carboxylic acids is 1. The molecule has 0 bridgehead atoms. The normalized spacial score (nSPS) is 11.0. The maximum atomic E-state index is 12.2. The Balaban J connectivity index is 2.02. The van der Waals surface area contributed by atoms with Crippen LogP contribution in [0.15, 0.2) is 53.6 Å². The number of hydrogen-bond acceptors (Lipinski definition) is 4. The van der Waals surface area contributed by atoms with Gasteiger partial charge < -0.3 is 9.47 Å². The van der Waals surface area contributed by atoms with Crippen LogP contribution in [0.4, 0.5) is 0 Å². The van der Waals surface area contributed by atoms with Gasteiger partial charge in [-0.05, 0) is 30.7 Å². The Morgan fingerprint density at radius 2 is 1.74 bits per heavy atom. The SMILES string of the molecule is COc1ccc(C(=O)NN=C(C)Cc2ccccc2)cc1OC. The van der Waals surface area contributed by atoms with Crippen molar-refractivity contribution < 1.29 is 14.3 Å². The van der Waals surface area contributed by atoms with Gasteiger partial charge in [-0.3, -0.25) is 4.79 Å². The molecule has 0 spiro atoms. The number of amides is 1. The summed E-state index contributed by atoms with van der Waals surface area (Å²) in [5.41, 5.74) is 4.99. The van der Waals surface area contributed by atoms with E-state index in [-0.39, 0.29) is 5.91 Å². The summed E-state index contributed by atoms with van der Waals surface area (Å²) in [5, 5.41) is 4.14. The summed E-state index contributed by atoms with van der Waals surface area (Å²) in [6.45, 7) is 1.88. The maximum Gasteiger partial charge on any atom is 0.271 e. The van der Waals surface area contributed by atoms with E-state index in [1.54, 1.807) is 25.3 Å². The van der Waals surface area contributed by atoms with E-state index in [1.165, 1.54) is 7.11 Å². The molecule has 1 N–H and O–H groups in total. The molecule has 2 aromatic rings. The zero-order valence-corrected chi connectivity index (χ0v) is 13.5. The lowest BCUT2D eigenvalue weighted by Gasteiger charge is -2.09. The molecule has 5 heteroatoms. The molecule has 0 saturated carbocycles. The zero-order chi connectivity index (χ0) is 16.7. The molecule has 0 radical (unpaired) electrons. The highest BCUT2D eigenvalue weighted by atomic mass is 16.5. The fraction of sp³-hybridized carbons (Fsp3) is 0.222. The second-order valence-corrected chi connectivity index (χ2v) is 5.02. The Morgan fingerprint density at radius 1 is 1.04 bits per heavy atom. The number of methoxy groups -OCH3 is 2. The number of hydrogen-bond donors (Lipinski definition) is 1. The van der Waals surface area contributed by atoms with Gasteiger partial charge in [0.2, 0.25) is 0 Å². The van der Waals surface area contributed by atoms with Gasteiger partial charge in [0.15, 0.2) is 11.5 Å². The van der Waals surface area contributed by atoms with Crippen molar-refractivity contribution in [3.05, 3.63) is 59.7 Å². The van der Waals surface area contributed by atoms with Crippen LogP contribution in [0.5, 0.6) is 11.5 Å². The van der Waals surface area contributed by atoms with Crippen molar-refractivity contribution in [1.82, 2.24) is 5.43 Å². The molecule has 23 heavy (non-hydrogen) atoms. The van der Waals surface area contributed by atoms with Gasteiger partial charge in [-0.15, -0.1) is 0 Å². The Bertz CT molecular complexity index is 697. The van der Waals surface area contributed by atoms with E-state index in [4.69, 9.17) is 9.47 Å². The molecule has 0 aromatic heterocycles. The second-order valence-electron chi connectivity index (χ2n) is 5.02. The lowest BCUT2D eigenvalue weighted by molar-refractivity contribution is 0.0954. The van der Waals surface area contributed by atoms with Crippen LogP contribution in [-0.2, 0) is 6.42 Å². The van der Waals surface area contributed by atoms with Crippen LogP contribution in [0.3, 0.4) is 0 Å². The molecular weight excluding hydrogens is 292 g/mol. The molecule has 0 saturated heterocycles. The van der Waals surface area contributed by atoms with Crippen LogP contribution < -0.4 is 14.9 Å². The van der Waals surface area contributed by atoms with Gasteiger partial charge in [-0.25, -0.2) is 5.43 Å². The van der Waals surface area contributed by atoms with Crippen molar-refractivity contribution in [2.45, 2.75) is 13.3 Å². The molecule has 0 atom stereocenters. The molecule has 0 heterocycles. The standard InChI is InChI=1S/C18H20N2O3/c1-13(11-14-7-5-4-6-8-14)19-20-18(21)15-9-10-16(22-2)17(12-15)23-3/h4-10,12H,11H2,1-3H3,(H,20,21). The first-order chi connectivity index (χ1) is 11.1. The monoisotopic (exact) mass is 312 g/mol. The van der Waals surface area contributed by atoms with Crippen LogP contribution in [0.1, 0.15) is 22.8 Å². The number of ether oxygens (including phenoxy) is 2. The van der Waals surface area contributed by atoms with Crippen molar-refractivity contribution in [3.63, 3.8) is 0 Å². The zero-order valence-electron chi connectivity index (χ0n) is 13.5. The molecule has 1 amide bonds. The highest BCUT2D eigenvalue weighted by Gasteiger charge is 2.10. The lowest BCUT2D eigenvalue weighted by Crippen LogP contribution is -2.19. The number of hydrazone groups is 1. The molecule has 0 aliphatic carbocycles. The second kappa shape index (κ2) is 7.98. The topological polar surface area (TPSA) is 59.9 Å². The molecular formula is C18H20N2O3. The molecule has 2 rings (SSSR count). The first-order valence-corrected chi connectivity index (χ1v) is 7.23. The molecule has 0 fully saturated rings. The first-order valence-electron chi connectivity index (χ1n) is 7.23. The van der Waals surface area contributed by atoms with E-state index in [1.807, 2.05) is 37.3 Å². The molecule has 0 aliphatic heterocycles. The predicted octanol–water partition coefficient (Wildman–Crippen LogP) is 3.05. The van der Waals surface area contributed by atoms with Gasteiger partial charge >= 0.3 is 0 Å². The predicted molar refractivity (Wildman–Crippen MR) is 90.3 cm³/mol. The third-order valence-electron chi connectivity index (χ3n) is 3.30. The maximum absolute atomic E-state index is 12.2. The van der Waals surface area contributed by atoms with Gasteiger partial charge in [0.25, 0.3) is 5.91 Å². The Hall–Kier alpha value is -2.82. The fourth-order valence-electron chi connectivity index (χ4n) is 2.12. The highest BCUT2D eigenvalue weighted by Crippen LogP contribution is 2.27. The van der Waals surface area contributed by atoms with Crippen molar-refractivity contribution in [2.24, 2.45) is 5.10 Å². The molecule has 0 aliphatic rings. The number of rotatable bonds is 6. The lowest BCUT2D eigenvalue weighted by atomic mass is 10.1. The quantitative estimate of drug-likeness (QED) is 0.659. The van der Waals surface area contributed by atoms with E-state index < -0.39 is 0 Å². The summed E-state index contributed by atoms with van der Waals surface area (Å²) in [6, 6.07) is 14.9. The van der Waals surface area contributed by atoms with Gasteiger partial charge in [0, 0.05) is 17.7 Å².